The second kappa shape index (κ2) is 10.7. The van der Waals surface area contributed by atoms with Gasteiger partial charge in [0, 0.05) is 17.9 Å². The normalized spacial score (nSPS) is 12.1. The van der Waals surface area contributed by atoms with Crippen molar-refractivity contribution in [2.45, 2.75) is 44.8 Å². The number of amides is 1. The summed E-state index contributed by atoms with van der Waals surface area (Å²) < 4.78 is 65.3. The van der Waals surface area contributed by atoms with E-state index in [1.807, 2.05) is 13.8 Å². The minimum Gasteiger partial charge on any atom is -0.348 e. The van der Waals surface area contributed by atoms with Crippen LogP contribution in [-0.4, -0.2) is 24.6 Å². The fourth-order valence-electron chi connectivity index (χ4n) is 3.55. The molecule has 0 fully saturated rings. The van der Waals surface area contributed by atoms with Crippen molar-refractivity contribution >= 4 is 15.7 Å². The zero-order valence-electron chi connectivity index (χ0n) is 20.1. The van der Waals surface area contributed by atoms with Gasteiger partial charge in [-0.25, -0.2) is 8.42 Å². The van der Waals surface area contributed by atoms with Crippen LogP contribution in [0, 0.1) is 12.8 Å². The number of carbonyl (C=O) groups is 1. The van der Waals surface area contributed by atoms with Crippen LogP contribution < -0.4 is 10.9 Å². The molecule has 3 rings (SSSR count). The first-order valence-electron chi connectivity index (χ1n) is 11.3. The predicted octanol–water partition coefficient (Wildman–Crippen LogP) is 4.91. The Bertz CT molecular complexity index is 1410. The summed E-state index contributed by atoms with van der Waals surface area (Å²) in [6, 6.07) is 13.2. The number of aryl methyl sites for hydroxylation is 1. The van der Waals surface area contributed by atoms with Crippen molar-refractivity contribution in [2.75, 3.05) is 5.75 Å². The van der Waals surface area contributed by atoms with Crippen LogP contribution in [0.5, 0.6) is 0 Å². The Labute approximate surface area is 207 Å². The van der Waals surface area contributed by atoms with Crippen LogP contribution in [0.3, 0.4) is 0 Å². The van der Waals surface area contributed by atoms with Crippen molar-refractivity contribution in [3.8, 4) is 5.69 Å². The summed E-state index contributed by atoms with van der Waals surface area (Å²) in [6.07, 6.45) is -4.03. The van der Waals surface area contributed by atoms with Gasteiger partial charge in [-0.3, -0.25) is 14.2 Å². The van der Waals surface area contributed by atoms with Crippen molar-refractivity contribution in [2.24, 2.45) is 5.92 Å². The van der Waals surface area contributed by atoms with E-state index in [2.05, 4.69) is 5.32 Å². The van der Waals surface area contributed by atoms with Gasteiger partial charge in [0.15, 0.2) is 9.84 Å². The zero-order valence-corrected chi connectivity index (χ0v) is 20.9. The summed E-state index contributed by atoms with van der Waals surface area (Å²) in [4.78, 5) is 26.0. The molecule has 1 aromatic heterocycles. The first kappa shape index (κ1) is 27.2. The van der Waals surface area contributed by atoms with Crippen molar-refractivity contribution in [1.82, 2.24) is 9.88 Å². The quantitative estimate of drug-likeness (QED) is 0.457. The topological polar surface area (TPSA) is 85.2 Å². The lowest BCUT2D eigenvalue weighted by molar-refractivity contribution is -0.137. The van der Waals surface area contributed by atoms with E-state index in [1.165, 1.54) is 36.4 Å². The monoisotopic (exact) mass is 520 g/mol. The van der Waals surface area contributed by atoms with Crippen molar-refractivity contribution in [1.29, 1.82) is 0 Å². The molecule has 0 aliphatic heterocycles. The Morgan fingerprint density at radius 2 is 1.69 bits per heavy atom. The first-order chi connectivity index (χ1) is 16.8. The summed E-state index contributed by atoms with van der Waals surface area (Å²) in [7, 11) is -3.40. The first-order valence-corrected chi connectivity index (χ1v) is 12.9. The second-order valence-corrected chi connectivity index (χ2v) is 11.0. The molecule has 10 heteroatoms. The van der Waals surface area contributed by atoms with E-state index >= 15 is 0 Å². The lowest BCUT2D eigenvalue weighted by atomic mass is 10.1. The predicted molar refractivity (Wildman–Crippen MR) is 131 cm³/mol. The molecule has 192 valence electrons. The van der Waals surface area contributed by atoms with E-state index in [1.54, 1.807) is 19.1 Å². The van der Waals surface area contributed by atoms with Gasteiger partial charge < -0.3 is 5.32 Å². The molecule has 1 heterocycles. The summed E-state index contributed by atoms with van der Waals surface area (Å²) in [5.41, 5.74) is -0.905. The molecular weight excluding hydrogens is 493 g/mol. The van der Waals surface area contributed by atoms with E-state index in [-0.39, 0.29) is 34.4 Å². The van der Waals surface area contributed by atoms with Gasteiger partial charge in [0.25, 0.3) is 11.5 Å². The number of alkyl halides is 3. The lowest BCUT2D eigenvalue weighted by Crippen LogP contribution is -2.33. The highest BCUT2D eigenvalue weighted by Crippen LogP contribution is 2.30. The zero-order chi connectivity index (χ0) is 26.7. The van der Waals surface area contributed by atoms with E-state index in [4.69, 9.17) is 0 Å². The summed E-state index contributed by atoms with van der Waals surface area (Å²) in [6.45, 7) is 5.48. The van der Waals surface area contributed by atoms with E-state index in [0.717, 1.165) is 16.7 Å². The minimum atomic E-state index is -4.58. The number of carbonyl (C=O) groups excluding carboxylic acids is 1. The van der Waals surface area contributed by atoms with Gasteiger partial charge >= 0.3 is 6.18 Å². The van der Waals surface area contributed by atoms with Crippen LogP contribution in [0.1, 0.15) is 47.4 Å². The maximum absolute atomic E-state index is 13.1. The number of sulfone groups is 1. The highest BCUT2D eigenvalue weighted by Gasteiger charge is 2.30. The summed E-state index contributed by atoms with van der Waals surface area (Å²) >= 11 is 0. The molecule has 0 radical (unpaired) electrons. The number of benzene rings is 2. The SMILES string of the molecule is Cc1ccc(C(=O)NCc2ccc(S(=O)(=O)CCC(C)C)cc2)c(=O)n1-c1cccc(C(F)(F)F)c1. The van der Waals surface area contributed by atoms with Gasteiger partial charge in [-0.05, 0) is 67.3 Å². The van der Waals surface area contributed by atoms with Gasteiger partial charge in [0.05, 0.1) is 16.2 Å². The molecular formula is C26H27F3N2O4S. The van der Waals surface area contributed by atoms with E-state index in [9.17, 15) is 31.2 Å². The standard InChI is InChI=1S/C26H27F3N2O4S/c1-17(2)13-14-36(34,35)22-10-8-19(9-11-22)16-30-24(32)23-12-7-18(3)31(25(23)33)21-6-4-5-20(15-21)26(27,28)29/h4-12,15,17H,13-14,16H2,1-3H3,(H,30,32). The Morgan fingerprint density at radius 1 is 1.03 bits per heavy atom. The lowest BCUT2D eigenvalue weighted by Gasteiger charge is -2.14. The fourth-order valence-corrected chi connectivity index (χ4v) is 5.11. The Kier molecular flexibility index (Phi) is 8.08. The molecule has 6 nitrogen and oxygen atoms in total. The third-order valence-corrected chi connectivity index (χ3v) is 7.42. The molecule has 2 aromatic carbocycles. The molecule has 0 spiro atoms. The van der Waals surface area contributed by atoms with Crippen molar-refractivity contribution < 1.29 is 26.4 Å². The van der Waals surface area contributed by atoms with Gasteiger partial charge in [-0.2, -0.15) is 13.2 Å². The number of hydrogen-bond donors (Lipinski definition) is 1. The maximum atomic E-state index is 13.1. The Hall–Kier alpha value is -3.40. The van der Waals surface area contributed by atoms with Gasteiger partial charge in [0.1, 0.15) is 5.56 Å². The number of halogens is 3. The van der Waals surface area contributed by atoms with Gasteiger partial charge in [-0.1, -0.05) is 32.0 Å². The molecule has 0 saturated heterocycles. The summed E-state index contributed by atoms with van der Waals surface area (Å²) in [5, 5.41) is 2.61. The maximum Gasteiger partial charge on any atom is 0.416 e. The third kappa shape index (κ3) is 6.42. The number of aromatic nitrogens is 1. The molecule has 0 saturated carbocycles. The van der Waals surface area contributed by atoms with Crippen molar-refractivity contribution in [3.05, 3.63) is 93.4 Å². The van der Waals surface area contributed by atoms with Crippen LogP contribution in [-0.2, 0) is 22.6 Å². The molecule has 0 atom stereocenters. The van der Waals surface area contributed by atoms with Crippen LogP contribution in [0.25, 0.3) is 5.69 Å². The molecule has 0 bridgehead atoms. The fraction of sp³-hybridized carbons (Fsp3) is 0.308. The Balaban J connectivity index is 1.78. The molecule has 0 unspecified atom stereocenters. The van der Waals surface area contributed by atoms with Crippen molar-refractivity contribution in [3.63, 3.8) is 0 Å². The molecule has 1 N–H and O–H groups in total. The highest BCUT2D eigenvalue weighted by atomic mass is 32.2. The summed E-state index contributed by atoms with van der Waals surface area (Å²) in [5.74, 6) is -0.393. The van der Waals surface area contributed by atoms with Crippen LogP contribution in [0.2, 0.25) is 0 Å². The number of pyridine rings is 1. The minimum absolute atomic E-state index is 0.00348. The van der Waals surface area contributed by atoms with Gasteiger partial charge in [-0.15, -0.1) is 0 Å². The van der Waals surface area contributed by atoms with E-state index < -0.39 is 33.0 Å². The van der Waals surface area contributed by atoms with E-state index in [0.29, 0.717) is 17.7 Å². The third-order valence-electron chi connectivity index (χ3n) is 5.65. The molecule has 3 aromatic rings. The van der Waals surface area contributed by atoms with Crippen LogP contribution in [0.4, 0.5) is 13.2 Å². The second-order valence-electron chi connectivity index (χ2n) is 8.91. The highest BCUT2D eigenvalue weighted by molar-refractivity contribution is 7.91. The smallest absolute Gasteiger partial charge is 0.348 e. The molecule has 36 heavy (non-hydrogen) atoms. The number of nitrogens with one attached hydrogen (secondary N) is 1. The average Bonchev–Trinajstić information content (AvgIpc) is 2.81. The Morgan fingerprint density at radius 3 is 2.31 bits per heavy atom. The molecule has 1 amide bonds. The number of rotatable bonds is 8. The molecule has 0 aliphatic rings. The van der Waals surface area contributed by atoms with Crippen LogP contribution >= 0.6 is 0 Å². The molecule has 0 aliphatic carbocycles. The largest absolute Gasteiger partial charge is 0.416 e. The van der Waals surface area contributed by atoms with Crippen LogP contribution in [0.15, 0.2) is 70.4 Å². The number of hydrogen-bond acceptors (Lipinski definition) is 4. The average molecular weight is 521 g/mol. The number of nitrogens with zero attached hydrogens (tertiary/aromatic N) is 1. The van der Waals surface area contributed by atoms with Gasteiger partial charge in [0.2, 0.25) is 0 Å².